The van der Waals surface area contributed by atoms with Crippen molar-refractivity contribution in [3.05, 3.63) is 34.3 Å². The molecule has 1 aromatic rings. The van der Waals surface area contributed by atoms with Gasteiger partial charge in [0.2, 0.25) is 5.91 Å². The van der Waals surface area contributed by atoms with E-state index in [1.165, 1.54) is 0 Å². The van der Waals surface area contributed by atoms with Gasteiger partial charge in [0.25, 0.3) is 5.91 Å². The maximum absolute atomic E-state index is 12.0. The largest absolute Gasteiger partial charge is 0.325 e. The van der Waals surface area contributed by atoms with Crippen LogP contribution < -0.4 is 10.7 Å². The minimum Gasteiger partial charge on any atom is -0.324 e. The number of urea groups is 1. The number of carbonyl (C=O) groups is 3. The standard InChI is InChI=1S/C16H19BrN4O3/c1-10(11-4-6-12(17)7-5-11)19-20-13(22)8-9-21-14(23)16(2,3)18-15(21)24/h4-7H,8-9H2,1-3H3,(H,18,24)(H,20,22)/b19-10-. The summed E-state index contributed by atoms with van der Waals surface area (Å²) in [5.41, 5.74) is 3.05. The third-order valence-corrected chi connectivity index (χ3v) is 4.15. The number of amides is 4. The Hall–Kier alpha value is -2.22. The van der Waals surface area contributed by atoms with Crippen molar-refractivity contribution in [3.8, 4) is 0 Å². The van der Waals surface area contributed by atoms with Gasteiger partial charge >= 0.3 is 6.03 Å². The van der Waals surface area contributed by atoms with Crippen molar-refractivity contribution < 1.29 is 14.4 Å². The fourth-order valence-corrected chi connectivity index (χ4v) is 2.46. The second kappa shape index (κ2) is 7.12. The molecule has 0 bridgehead atoms. The first-order chi connectivity index (χ1) is 11.2. The molecule has 7 nitrogen and oxygen atoms in total. The molecule has 2 N–H and O–H groups in total. The van der Waals surface area contributed by atoms with Gasteiger partial charge in [-0.1, -0.05) is 28.1 Å². The number of nitrogens with one attached hydrogen (secondary N) is 2. The molecule has 8 heteroatoms. The van der Waals surface area contributed by atoms with Gasteiger partial charge in [0.05, 0.1) is 5.71 Å². The van der Waals surface area contributed by atoms with Crippen LogP contribution in [0.15, 0.2) is 33.8 Å². The lowest BCUT2D eigenvalue weighted by Crippen LogP contribution is -2.40. The molecule has 1 aromatic carbocycles. The number of hydrogen-bond acceptors (Lipinski definition) is 4. The van der Waals surface area contributed by atoms with Gasteiger partial charge in [-0.05, 0) is 38.5 Å². The van der Waals surface area contributed by atoms with E-state index in [9.17, 15) is 14.4 Å². The van der Waals surface area contributed by atoms with Gasteiger partial charge in [-0.15, -0.1) is 0 Å². The van der Waals surface area contributed by atoms with E-state index in [2.05, 4.69) is 31.8 Å². The van der Waals surface area contributed by atoms with Crippen LogP contribution in [-0.2, 0) is 9.59 Å². The Morgan fingerprint density at radius 1 is 1.29 bits per heavy atom. The van der Waals surface area contributed by atoms with Gasteiger partial charge in [-0.2, -0.15) is 5.10 Å². The molecule has 1 saturated heterocycles. The number of imide groups is 1. The summed E-state index contributed by atoms with van der Waals surface area (Å²) < 4.78 is 0.958. The predicted molar refractivity (Wildman–Crippen MR) is 93.4 cm³/mol. The van der Waals surface area contributed by atoms with Crippen LogP contribution in [0.4, 0.5) is 4.79 Å². The van der Waals surface area contributed by atoms with Crippen LogP contribution in [0, 0.1) is 0 Å². The average Bonchev–Trinajstić information content (AvgIpc) is 2.71. The van der Waals surface area contributed by atoms with Crippen LogP contribution in [0.25, 0.3) is 0 Å². The molecule has 0 radical (unpaired) electrons. The summed E-state index contributed by atoms with van der Waals surface area (Å²) in [6.45, 7) is 5.05. The molecule has 0 saturated carbocycles. The SMILES string of the molecule is C/C(=N/NC(=O)CCN1C(=O)NC(C)(C)C1=O)c1ccc(Br)cc1. The third-order valence-electron chi connectivity index (χ3n) is 3.62. The second-order valence-corrected chi connectivity index (χ2v) is 6.92. The van der Waals surface area contributed by atoms with Crippen LogP contribution in [0.3, 0.4) is 0 Å². The van der Waals surface area contributed by atoms with E-state index < -0.39 is 11.6 Å². The quantitative estimate of drug-likeness (QED) is 0.454. The number of nitrogens with zero attached hydrogens (tertiary/aromatic N) is 2. The van der Waals surface area contributed by atoms with Gasteiger partial charge in [0.1, 0.15) is 5.54 Å². The van der Waals surface area contributed by atoms with E-state index >= 15 is 0 Å². The van der Waals surface area contributed by atoms with Crippen molar-refractivity contribution in [1.29, 1.82) is 0 Å². The highest BCUT2D eigenvalue weighted by Gasteiger charge is 2.43. The summed E-state index contributed by atoms with van der Waals surface area (Å²) in [6, 6.07) is 7.05. The molecule has 128 valence electrons. The molecular weight excluding hydrogens is 376 g/mol. The smallest absolute Gasteiger partial charge is 0.324 e. The highest BCUT2D eigenvalue weighted by Crippen LogP contribution is 2.16. The van der Waals surface area contributed by atoms with Crippen molar-refractivity contribution in [3.63, 3.8) is 0 Å². The van der Waals surface area contributed by atoms with Gasteiger partial charge in [0, 0.05) is 17.4 Å². The van der Waals surface area contributed by atoms with Gasteiger partial charge in [-0.25, -0.2) is 10.2 Å². The summed E-state index contributed by atoms with van der Waals surface area (Å²) in [4.78, 5) is 36.6. The zero-order valence-electron chi connectivity index (χ0n) is 13.7. The van der Waals surface area contributed by atoms with Crippen LogP contribution in [-0.4, -0.2) is 40.5 Å². The normalized spacial score (nSPS) is 17.0. The molecule has 0 atom stereocenters. The zero-order valence-corrected chi connectivity index (χ0v) is 15.3. The van der Waals surface area contributed by atoms with Crippen LogP contribution >= 0.6 is 15.9 Å². The molecule has 0 unspecified atom stereocenters. The lowest BCUT2D eigenvalue weighted by molar-refractivity contribution is -0.130. The molecule has 0 aliphatic carbocycles. The zero-order chi connectivity index (χ0) is 17.9. The van der Waals surface area contributed by atoms with Crippen LogP contribution in [0.5, 0.6) is 0 Å². The van der Waals surface area contributed by atoms with E-state index in [-0.39, 0.29) is 24.8 Å². The number of carbonyl (C=O) groups excluding carboxylic acids is 3. The predicted octanol–water partition coefficient (Wildman–Crippen LogP) is 2.01. The van der Waals surface area contributed by atoms with Crippen molar-refractivity contribution in [2.75, 3.05) is 6.54 Å². The van der Waals surface area contributed by atoms with Crippen molar-refractivity contribution >= 4 is 39.5 Å². The monoisotopic (exact) mass is 394 g/mol. The van der Waals surface area contributed by atoms with E-state index in [0.29, 0.717) is 5.71 Å². The van der Waals surface area contributed by atoms with E-state index in [0.717, 1.165) is 14.9 Å². The summed E-state index contributed by atoms with van der Waals surface area (Å²) in [5.74, 6) is -0.702. The highest BCUT2D eigenvalue weighted by molar-refractivity contribution is 9.10. The Morgan fingerprint density at radius 2 is 1.92 bits per heavy atom. The summed E-state index contributed by atoms with van der Waals surface area (Å²) in [7, 11) is 0. The minimum absolute atomic E-state index is 0.00758. The molecule has 24 heavy (non-hydrogen) atoms. The highest BCUT2D eigenvalue weighted by atomic mass is 79.9. The van der Waals surface area contributed by atoms with Gasteiger partial charge in [-0.3, -0.25) is 14.5 Å². The van der Waals surface area contributed by atoms with Crippen molar-refractivity contribution in [2.45, 2.75) is 32.7 Å². The molecule has 1 aliphatic heterocycles. The topological polar surface area (TPSA) is 90.9 Å². The number of halogens is 1. The van der Waals surface area contributed by atoms with Crippen LogP contribution in [0.1, 0.15) is 32.8 Å². The molecular formula is C16H19BrN4O3. The summed E-state index contributed by atoms with van der Waals surface area (Å²) in [5, 5.41) is 6.60. The molecule has 4 amide bonds. The van der Waals surface area contributed by atoms with E-state index in [4.69, 9.17) is 0 Å². The van der Waals surface area contributed by atoms with Gasteiger partial charge in [0.15, 0.2) is 0 Å². The lowest BCUT2D eigenvalue weighted by atomic mass is 10.1. The van der Waals surface area contributed by atoms with Crippen molar-refractivity contribution in [1.82, 2.24) is 15.6 Å². The Labute approximate surface area is 148 Å². The van der Waals surface area contributed by atoms with E-state index in [1.807, 2.05) is 24.3 Å². The third kappa shape index (κ3) is 4.19. The Morgan fingerprint density at radius 3 is 2.46 bits per heavy atom. The molecule has 2 rings (SSSR count). The average molecular weight is 395 g/mol. The summed E-state index contributed by atoms with van der Waals surface area (Å²) >= 11 is 3.35. The van der Waals surface area contributed by atoms with Crippen LogP contribution in [0.2, 0.25) is 0 Å². The van der Waals surface area contributed by atoms with Gasteiger partial charge < -0.3 is 5.32 Å². The molecule has 1 fully saturated rings. The number of hydrogen-bond donors (Lipinski definition) is 2. The fourth-order valence-electron chi connectivity index (χ4n) is 2.19. The first-order valence-electron chi connectivity index (χ1n) is 7.44. The molecule has 1 heterocycles. The number of hydrazone groups is 1. The maximum Gasteiger partial charge on any atom is 0.325 e. The molecule has 1 aliphatic rings. The Kier molecular flexibility index (Phi) is 5.38. The first kappa shape index (κ1) is 18.1. The Bertz CT molecular complexity index is 698. The lowest BCUT2D eigenvalue weighted by Gasteiger charge is -2.15. The second-order valence-electron chi connectivity index (χ2n) is 6.00. The molecule has 0 spiro atoms. The summed E-state index contributed by atoms with van der Waals surface area (Å²) in [6.07, 6.45) is -0.00758. The fraction of sp³-hybridized carbons (Fsp3) is 0.375. The van der Waals surface area contributed by atoms with Crippen molar-refractivity contribution in [2.24, 2.45) is 5.10 Å². The number of benzene rings is 1. The number of rotatable bonds is 5. The molecule has 0 aromatic heterocycles. The van der Waals surface area contributed by atoms with E-state index in [1.54, 1.807) is 20.8 Å². The Balaban J connectivity index is 1.87. The first-order valence-corrected chi connectivity index (χ1v) is 8.23. The maximum atomic E-state index is 12.0. The minimum atomic E-state index is -0.927.